The number of amides is 3. The van der Waals surface area contributed by atoms with Crippen LogP contribution in [0.5, 0.6) is 0 Å². The third-order valence-corrected chi connectivity index (χ3v) is 5.03. The standard InChI is InChI=1S/C18H15Cl2F4N3O4S/c1-30-8-26(14-4-3-10(5-13(14)21)32-18(22,23)24)17(29)27(9-31-2)16(28)15-11(19)6-25-7-12(15)20/h3-7H,8-9H2,1-2H3. The van der Waals surface area contributed by atoms with Crippen LogP contribution in [0.4, 0.5) is 28.0 Å². The van der Waals surface area contributed by atoms with Crippen molar-refractivity contribution in [2.75, 3.05) is 32.6 Å². The first-order valence-corrected chi connectivity index (χ1v) is 10.0. The number of carbonyl (C=O) groups is 2. The van der Waals surface area contributed by atoms with E-state index in [1.165, 1.54) is 14.2 Å². The molecule has 7 nitrogen and oxygen atoms in total. The second-order valence-electron chi connectivity index (χ2n) is 5.92. The Hall–Kier alpha value is -2.12. The molecule has 1 heterocycles. The number of urea groups is 1. The maximum absolute atomic E-state index is 14.6. The lowest BCUT2D eigenvalue weighted by atomic mass is 10.2. The van der Waals surface area contributed by atoms with Crippen LogP contribution in [-0.2, 0) is 9.47 Å². The fourth-order valence-electron chi connectivity index (χ4n) is 2.49. The molecule has 32 heavy (non-hydrogen) atoms. The van der Waals surface area contributed by atoms with Gasteiger partial charge in [0.25, 0.3) is 5.91 Å². The van der Waals surface area contributed by atoms with E-state index in [0.29, 0.717) is 15.9 Å². The Morgan fingerprint density at radius 1 is 1.09 bits per heavy atom. The minimum absolute atomic E-state index is 0.144. The Kier molecular flexibility index (Phi) is 9.10. The van der Waals surface area contributed by atoms with Crippen LogP contribution in [0.1, 0.15) is 10.4 Å². The number of pyridine rings is 1. The number of rotatable bonds is 7. The van der Waals surface area contributed by atoms with Gasteiger partial charge in [-0.3, -0.25) is 14.7 Å². The lowest BCUT2D eigenvalue weighted by Gasteiger charge is -2.29. The van der Waals surface area contributed by atoms with Crippen molar-refractivity contribution < 1.29 is 36.6 Å². The Balaban J connectivity index is 2.44. The van der Waals surface area contributed by atoms with Gasteiger partial charge in [-0.2, -0.15) is 13.2 Å². The van der Waals surface area contributed by atoms with Crippen LogP contribution >= 0.6 is 35.0 Å². The Morgan fingerprint density at radius 2 is 1.69 bits per heavy atom. The number of halogens is 6. The highest BCUT2D eigenvalue weighted by atomic mass is 35.5. The molecule has 2 aromatic rings. The summed E-state index contributed by atoms with van der Waals surface area (Å²) in [5, 5.41) is -0.288. The van der Waals surface area contributed by atoms with Gasteiger partial charge in [0.15, 0.2) is 0 Å². The smallest absolute Gasteiger partial charge is 0.364 e. The third kappa shape index (κ3) is 6.45. The zero-order chi connectivity index (χ0) is 24.1. The molecule has 14 heteroatoms. The van der Waals surface area contributed by atoms with Gasteiger partial charge in [-0.1, -0.05) is 23.2 Å². The molecular weight excluding hydrogens is 501 g/mol. The van der Waals surface area contributed by atoms with Crippen molar-refractivity contribution in [3.63, 3.8) is 0 Å². The predicted octanol–water partition coefficient (Wildman–Crippen LogP) is 5.42. The lowest BCUT2D eigenvalue weighted by Crippen LogP contribution is -2.48. The van der Waals surface area contributed by atoms with E-state index in [2.05, 4.69) is 4.98 Å². The van der Waals surface area contributed by atoms with Crippen molar-refractivity contribution in [2.24, 2.45) is 0 Å². The summed E-state index contributed by atoms with van der Waals surface area (Å²) in [5.41, 5.74) is -5.30. The number of carbonyl (C=O) groups excluding carboxylic acids is 2. The number of benzene rings is 1. The number of nitrogens with zero attached hydrogens (tertiary/aromatic N) is 3. The van der Waals surface area contributed by atoms with Gasteiger partial charge < -0.3 is 9.47 Å². The fourth-order valence-corrected chi connectivity index (χ4v) is 3.58. The fraction of sp³-hybridized carbons (Fsp3) is 0.278. The molecule has 0 saturated carbocycles. The summed E-state index contributed by atoms with van der Waals surface area (Å²) in [6.45, 7) is -1.11. The maximum atomic E-state index is 14.6. The number of anilines is 1. The van der Waals surface area contributed by atoms with E-state index in [4.69, 9.17) is 32.7 Å². The third-order valence-electron chi connectivity index (χ3n) is 3.73. The molecule has 0 atom stereocenters. The first kappa shape index (κ1) is 26.1. The van der Waals surface area contributed by atoms with Crippen LogP contribution in [0, 0.1) is 5.82 Å². The number of hydrogen-bond donors (Lipinski definition) is 0. The molecular formula is C18H15Cl2F4N3O4S. The molecule has 3 amide bonds. The molecule has 0 N–H and O–H groups in total. The minimum Gasteiger partial charge on any atom is -0.364 e. The molecule has 0 radical (unpaired) electrons. The SMILES string of the molecule is COCN(C(=O)c1c(Cl)cncc1Cl)C(=O)N(COC)c1ccc(SC(F)(F)F)cc1F. The van der Waals surface area contributed by atoms with Crippen molar-refractivity contribution in [1.82, 2.24) is 9.88 Å². The van der Waals surface area contributed by atoms with E-state index in [1.54, 1.807) is 0 Å². The van der Waals surface area contributed by atoms with E-state index >= 15 is 0 Å². The molecule has 0 aliphatic carbocycles. The first-order valence-electron chi connectivity index (χ1n) is 8.45. The van der Waals surface area contributed by atoms with Crippen molar-refractivity contribution in [3.05, 3.63) is 52.0 Å². The minimum atomic E-state index is -4.62. The number of aromatic nitrogens is 1. The van der Waals surface area contributed by atoms with Crippen LogP contribution in [0.3, 0.4) is 0 Å². The highest BCUT2D eigenvalue weighted by Gasteiger charge is 2.33. The van der Waals surface area contributed by atoms with E-state index in [-0.39, 0.29) is 15.6 Å². The molecule has 0 saturated heterocycles. The van der Waals surface area contributed by atoms with Gasteiger partial charge >= 0.3 is 11.5 Å². The number of methoxy groups -OCH3 is 2. The average Bonchev–Trinajstić information content (AvgIpc) is 2.69. The van der Waals surface area contributed by atoms with Gasteiger partial charge in [0.1, 0.15) is 19.3 Å². The Morgan fingerprint density at radius 3 is 2.19 bits per heavy atom. The van der Waals surface area contributed by atoms with Crippen molar-refractivity contribution in [2.45, 2.75) is 10.4 Å². The van der Waals surface area contributed by atoms with Crippen LogP contribution < -0.4 is 4.90 Å². The van der Waals surface area contributed by atoms with Crippen molar-refractivity contribution in [3.8, 4) is 0 Å². The van der Waals surface area contributed by atoms with Gasteiger partial charge in [-0.15, -0.1) is 0 Å². The molecule has 0 aliphatic heterocycles. The number of hydrogen-bond acceptors (Lipinski definition) is 6. The van der Waals surface area contributed by atoms with Gasteiger partial charge in [0.05, 0.1) is 21.3 Å². The molecule has 1 aromatic heterocycles. The Bertz CT molecular complexity index is 977. The van der Waals surface area contributed by atoms with Gasteiger partial charge in [0.2, 0.25) is 0 Å². The number of imide groups is 1. The molecule has 0 aliphatic rings. The van der Waals surface area contributed by atoms with Gasteiger partial charge in [-0.05, 0) is 30.0 Å². The summed E-state index contributed by atoms with van der Waals surface area (Å²) in [7, 11) is 2.40. The highest BCUT2D eigenvalue weighted by Crippen LogP contribution is 2.38. The second-order valence-corrected chi connectivity index (χ2v) is 7.87. The van der Waals surface area contributed by atoms with Crippen LogP contribution in [0.2, 0.25) is 10.0 Å². The zero-order valence-corrected chi connectivity index (χ0v) is 18.8. The molecule has 1 aromatic carbocycles. The van der Waals surface area contributed by atoms with E-state index < -0.39 is 59.1 Å². The summed E-state index contributed by atoms with van der Waals surface area (Å²) < 4.78 is 62.1. The molecule has 0 fully saturated rings. The normalized spacial score (nSPS) is 11.4. The van der Waals surface area contributed by atoms with Crippen molar-refractivity contribution >= 4 is 52.6 Å². The molecule has 174 valence electrons. The van der Waals surface area contributed by atoms with Crippen LogP contribution in [0.15, 0.2) is 35.5 Å². The second kappa shape index (κ2) is 11.1. The highest BCUT2D eigenvalue weighted by molar-refractivity contribution is 8.00. The van der Waals surface area contributed by atoms with Gasteiger partial charge in [0, 0.05) is 31.5 Å². The quantitative estimate of drug-likeness (QED) is 0.278. The van der Waals surface area contributed by atoms with Gasteiger partial charge in [-0.25, -0.2) is 14.1 Å². The molecule has 2 rings (SSSR count). The molecule has 0 bridgehead atoms. The topological polar surface area (TPSA) is 72.0 Å². The number of alkyl halides is 3. The van der Waals surface area contributed by atoms with Crippen LogP contribution in [0.25, 0.3) is 0 Å². The molecule has 0 unspecified atom stereocenters. The summed E-state index contributed by atoms with van der Waals surface area (Å²) in [4.78, 5) is 30.7. The number of ether oxygens (including phenoxy) is 2. The lowest BCUT2D eigenvalue weighted by molar-refractivity contribution is -0.0328. The zero-order valence-electron chi connectivity index (χ0n) is 16.5. The largest absolute Gasteiger partial charge is 0.446 e. The predicted molar refractivity (Wildman–Crippen MR) is 110 cm³/mol. The molecule has 0 spiro atoms. The monoisotopic (exact) mass is 515 g/mol. The average molecular weight is 516 g/mol. The summed E-state index contributed by atoms with van der Waals surface area (Å²) in [6.07, 6.45) is 2.28. The van der Waals surface area contributed by atoms with Crippen LogP contribution in [-0.4, -0.2) is 55.0 Å². The van der Waals surface area contributed by atoms with E-state index in [9.17, 15) is 27.2 Å². The van der Waals surface area contributed by atoms with Crippen molar-refractivity contribution in [1.29, 1.82) is 0 Å². The maximum Gasteiger partial charge on any atom is 0.446 e. The summed E-state index contributed by atoms with van der Waals surface area (Å²) in [5.74, 6) is -2.12. The summed E-state index contributed by atoms with van der Waals surface area (Å²) in [6, 6.07) is 1.45. The Labute approximate surface area is 194 Å². The van der Waals surface area contributed by atoms with E-state index in [1.807, 2.05) is 0 Å². The summed E-state index contributed by atoms with van der Waals surface area (Å²) >= 11 is 11.5. The first-order chi connectivity index (χ1) is 15.0. The number of thioether (sulfide) groups is 1. The van der Waals surface area contributed by atoms with E-state index in [0.717, 1.165) is 24.5 Å².